The van der Waals surface area contributed by atoms with Crippen LogP contribution in [0.2, 0.25) is 0 Å². The number of rotatable bonds is 5. The van der Waals surface area contributed by atoms with Crippen LogP contribution in [0.25, 0.3) is 0 Å². The molecule has 1 unspecified atom stereocenters. The van der Waals surface area contributed by atoms with Crippen molar-refractivity contribution >= 4 is 11.8 Å². The van der Waals surface area contributed by atoms with Crippen LogP contribution >= 0.6 is 0 Å². The van der Waals surface area contributed by atoms with Crippen LogP contribution in [-0.4, -0.2) is 31.8 Å². The molecule has 6 heteroatoms. The zero-order valence-corrected chi connectivity index (χ0v) is 11.1. The minimum Gasteiger partial charge on any atom is -0.467 e. The standard InChI is InChI=1S/C14H14O6/c1-17-13(16)10-5-6-12(15)14(8-10,18-2)20-9-11-4-3-7-19-11/h3-8H,9H2,1-2H3. The molecule has 2 rings (SSSR count). The topological polar surface area (TPSA) is 75.0 Å². The number of ketones is 1. The molecule has 0 bridgehead atoms. The molecule has 1 aliphatic rings. The number of ether oxygens (including phenoxy) is 3. The third kappa shape index (κ3) is 2.71. The van der Waals surface area contributed by atoms with Crippen molar-refractivity contribution in [1.82, 2.24) is 0 Å². The number of furan rings is 1. The van der Waals surface area contributed by atoms with E-state index in [0.29, 0.717) is 5.76 Å². The third-order valence-corrected chi connectivity index (χ3v) is 2.84. The largest absolute Gasteiger partial charge is 0.467 e. The molecule has 0 spiro atoms. The van der Waals surface area contributed by atoms with Gasteiger partial charge in [-0.05, 0) is 30.4 Å². The molecule has 0 saturated carbocycles. The van der Waals surface area contributed by atoms with E-state index in [2.05, 4.69) is 4.74 Å². The average molecular weight is 278 g/mol. The van der Waals surface area contributed by atoms with E-state index in [0.717, 1.165) is 0 Å². The van der Waals surface area contributed by atoms with Gasteiger partial charge in [0.25, 0.3) is 5.79 Å². The fourth-order valence-electron chi connectivity index (χ4n) is 1.75. The second kappa shape index (κ2) is 5.85. The third-order valence-electron chi connectivity index (χ3n) is 2.84. The molecule has 0 aromatic carbocycles. The lowest BCUT2D eigenvalue weighted by atomic mass is 10.00. The van der Waals surface area contributed by atoms with Crippen molar-refractivity contribution in [2.45, 2.75) is 12.4 Å². The van der Waals surface area contributed by atoms with Crippen LogP contribution in [-0.2, 0) is 30.4 Å². The lowest BCUT2D eigenvalue weighted by Crippen LogP contribution is -2.42. The van der Waals surface area contributed by atoms with Crippen LogP contribution in [0.5, 0.6) is 0 Å². The number of hydrogen-bond donors (Lipinski definition) is 0. The van der Waals surface area contributed by atoms with E-state index >= 15 is 0 Å². The summed E-state index contributed by atoms with van der Waals surface area (Å²) in [6, 6.07) is 3.41. The molecular formula is C14H14O6. The van der Waals surface area contributed by atoms with Crippen LogP contribution in [0.1, 0.15) is 5.76 Å². The molecule has 0 saturated heterocycles. The van der Waals surface area contributed by atoms with Gasteiger partial charge < -0.3 is 18.6 Å². The fraction of sp³-hybridized carbons (Fsp3) is 0.286. The van der Waals surface area contributed by atoms with Gasteiger partial charge in [0.2, 0.25) is 5.78 Å². The van der Waals surface area contributed by atoms with E-state index in [1.54, 1.807) is 12.1 Å². The average Bonchev–Trinajstić information content (AvgIpc) is 2.99. The Bertz CT molecular complexity index is 554. The predicted octanol–water partition coefficient (Wildman–Crippen LogP) is 1.38. The Hall–Kier alpha value is -2.18. The maximum Gasteiger partial charge on any atom is 0.337 e. The quantitative estimate of drug-likeness (QED) is 0.598. The van der Waals surface area contributed by atoms with Gasteiger partial charge in [0, 0.05) is 7.11 Å². The molecule has 0 radical (unpaired) electrons. The van der Waals surface area contributed by atoms with Crippen molar-refractivity contribution in [1.29, 1.82) is 0 Å². The SMILES string of the molecule is COC(=O)C1=CC(OC)(OCc2ccco2)C(=O)C=C1. The van der Waals surface area contributed by atoms with Crippen LogP contribution in [0.15, 0.2) is 46.6 Å². The maximum atomic E-state index is 12.0. The van der Waals surface area contributed by atoms with E-state index in [9.17, 15) is 9.59 Å². The normalized spacial score (nSPS) is 21.7. The Balaban J connectivity index is 2.22. The van der Waals surface area contributed by atoms with E-state index in [1.807, 2.05) is 0 Å². The minimum atomic E-state index is -1.65. The Morgan fingerprint density at radius 2 is 2.15 bits per heavy atom. The zero-order valence-electron chi connectivity index (χ0n) is 11.1. The number of carbonyl (C=O) groups is 2. The summed E-state index contributed by atoms with van der Waals surface area (Å²) < 4.78 is 20.4. The highest BCUT2D eigenvalue weighted by molar-refractivity contribution is 6.04. The molecule has 20 heavy (non-hydrogen) atoms. The number of hydrogen-bond acceptors (Lipinski definition) is 6. The monoisotopic (exact) mass is 278 g/mol. The Labute approximate surface area is 115 Å². The Kier molecular flexibility index (Phi) is 4.16. The molecular weight excluding hydrogens is 264 g/mol. The first kappa shape index (κ1) is 14.2. The summed E-state index contributed by atoms with van der Waals surface area (Å²) in [6.07, 6.45) is 5.38. The van der Waals surface area contributed by atoms with Crippen molar-refractivity contribution in [2.75, 3.05) is 14.2 Å². The zero-order chi connectivity index (χ0) is 14.6. The number of methoxy groups -OCH3 is 2. The number of carbonyl (C=O) groups excluding carboxylic acids is 2. The second-order valence-electron chi connectivity index (χ2n) is 4.03. The van der Waals surface area contributed by atoms with Crippen LogP contribution in [0.3, 0.4) is 0 Å². The highest BCUT2D eigenvalue weighted by Crippen LogP contribution is 2.25. The van der Waals surface area contributed by atoms with Gasteiger partial charge in [-0.1, -0.05) is 0 Å². The highest BCUT2D eigenvalue weighted by atomic mass is 16.7. The smallest absolute Gasteiger partial charge is 0.337 e. The van der Waals surface area contributed by atoms with Gasteiger partial charge in [0.05, 0.1) is 18.9 Å². The lowest BCUT2D eigenvalue weighted by Gasteiger charge is -2.28. The summed E-state index contributed by atoms with van der Waals surface area (Å²) in [7, 11) is 2.58. The van der Waals surface area contributed by atoms with Crippen molar-refractivity contribution in [2.24, 2.45) is 0 Å². The van der Waals surface area contributed by atoms with Crippen LogP contribution in [0.4, 0.5) is 0 Å². The van der Waals surface area contributed by atoms with Gasteiger partial charge in [-0.3, -0.25) is 4.79 Å². The van der Waals surface area contributed by atoms with E-state index in [4.69, 9.17) is 13.9 Å². The Morgan fingerprint density at radius 1 is 1.35 bits per heavy atom. The van der Waals surface area contributed by atoms with E-state index < -0.39 is 17.5 Å². The van der Waals surface area contributed by atoms with Crippen molar-refractivity contribution in [3.63, 3.8) is 0 Å². The lowest BCUT2D eigenvalue weighted by molar-refractivity contribution is -0.198. The van der Waals surface area contributed by atoms with E-state index in [-0.39, 0.29) is 12.2 Å². The van der Waals surface area contributed by atoms with Crippen molar-refractivity contribution < 1.29 is 28.2 Å². The maximum absolute atomic E-state index is 12.0. The summed E-state index contributed by atoms with van der Waals surface area (Å²) in [5.74, 6) is -2.10. The van der Waals surface area contributed by atoms with E-state index in [1.165, 1.54) is 38.7 Å². The van der Waals surface area contributed by atoms with Gasteiger partial charge in [-0.15, -0.1) is 0 Å². The van der Waals surface area contributed by atoms with Gasteiger partial charge in [0.15, 0.2) is 0 Å². The molecule has 1 heterocycles. The van der Waals surface area contributed by atoms with Crippen LogP contribution < -0.4 is 0 Å². The predicted molar refractivity (Wildman–Crippen MR) is 67.5 cm³/mol. The Morgan fingerprint density at radius 3 is 2.75 bits per heavy atom. The van der Waals surface area contributed by atoms with Gasteiger partial charge >= 0.3 is 5.97 Å². The van der Waals surface area contributed by atoms with Gasteiger partial charge in [0.1, 0.15) is 12.4 Å². The molecule has 106 valence electrons. The second-order valence-corrected chi connectivity index (χ2v) is 4.03. The van der Waals surface area contributed by atoms with Crippen LogP contribution in [0, 0.1) is 0 Å². The minimum absolute atomic E-state index is 0.0331. The number of esters is 1. The first-order chi connectivity index (χ1) is 9.61. The fourth-order valence-corrected chi connectivity index (χ4v) is 1.75. The van der Waals surface area contributed by atoms with Crippen molar-refractivity contribution in [3.05, 3.63) is 48.0 Å². The van der Waals surface area contributed by atoms with Crippen molar-refractivity contribution in [3.8, 4) is 0 Å². The summed E-state index contributed by atoms with van der Waals surface area (Å²) in [5.41, 5.74) is 0.188. The summed E-state index contributed by atoms with van der Waals surface area (Å²) in [6.45, 7) is 0.0331. The molecule has 1 atom stereocenters. The molecule has 6 nitrogen and oxygen atoms in total. The molecule has 0 N–H and O–H groups in total. The first-order valence-corrected chi connectivity index (χ1v) is 5.86. The molecule has 0 fully saturated rings. The summed E-state index contributed by atoms with van der Waals surface area (Å²) in [4.78, 5) is 23.5. The first-order valence-electron chi connectivity index (χ1n) is 5.86. The molecule has 0 aliphatic heterocycles. The summed E-state index contributed by atoms with van der Waals surface area (Å²) >= 11 is 0. The molecule has 0 amide bonds. The molecule has 1 aromatic heterocycles. The highest BCUT2D eigenvalue weighted by Gasteiger charge is 2.39. The van der Waals surface area contributed by atoms with Gasteiger partial charge in [-0.25, -0.2) is 4.79 Å². The summed E-state index contributed by atoms with van der Waals surface area (Å²) in [5, 5.41) is 0. The van der Waals surface area contributed by atoms with Gasteiger partial charge in [-0.2, -0.15) is 0 Å². The molecule has 1 aromatic rings. The molecule has 1 aliphatic carbocycles.